The van der Waals surface area contributed by atoms with Gasteiger partial charge in [-0.2, -0.15) is 0 Å². The normalized spacial score (nSPS) is 13.2. The predicted octanol–water partition coefficient (Wildman–Crippen LogP) is 3.65. The van der Waals surface area contributed by atoms with E-state index in [1.54, 1.807) is 29.2 Å². The van der Waals surface area contributed by atoms with Crippen molar-refractivity contribution in [1.29, 1.82) is 0 Å². The standard InChI is InChI=1S/C22H26N2O4/c1-15(2)28-19-10-7-17(8-11-19)22(26)23-18-9-6-16-5-4-12-24(20(16)13-18)21(25)14-27-3/h6-11,13,15H,4-5,12,14H2,1-3H3,(H,23,26). The summed E-state index contributed by atoms with van der Waals surface area (Å²) in [5.41, 5.74) is 3.14. The van der Waals surface area contributed by atoms with Crippen LogP contribution in [-0.2, 0) is 16.0 Å². The Balaban J connectivity index is 1.75. The maximum Gasteiger partial charge on any atom is 0.255 e. The molecule has 2 aromatic carbocycles. The Labute approximate surface area is 165 Å². The van der Waals surface area contributed by atoms with Gasteiger partial charge in [-0.1, -0.05) is 6.07 Å². The molecule has 148 valence electrons. The van der Waals surface area contributed by atoms with Crippen molar-refractivity contribution in [2.24, 2.45) is 0 Å². The molecule has 0 aliphatic carbocycles. The van der Waals surface area contributed by atoms with Crippen LogP contribution in [0.4, 0.5) is 11.4 Å². The van der Waals surface area contributed by atoms with Crippen LogP contribution in [-0.4, -0.2) is 38.2 Å². The number of nitrogens with one attached hydrogen (secondary N) is 1. The summed E-state index contributed by atoms with van der Waals surface area (Å²) in [4.78, 5) is 26.6. The quantitative estimate of drug-likeness (QED) is 0.828. The Morgan fingerprint density at radius 2 is 1.89 bits per heavy atom. The van der Waals surface area contributed by atoms with Gasteiger partial charge in [-0.05, 0) is 68.7 Å². The zero-order valence-electron chi connectivity index (χ0n) is 16.5. The van der Waals surface area contributed by atoms with Crippen LogP contribution in [0, 0.1) is 0 Å². The van der Waals surface area contributed by atoms with Crippen LogP contribution < -0.4 is 15.0 Å². The van der Waals surface area contributed by atoms with Crippen LogP contribution in [0.3, 0.4) is 0 Å². The number of rotatable bonds is 6. The maximum atomic E-state index is 12.6. The SMILES string of the molecule is COCC(=O)N1CCCc2ccc(NC(=O)c3ccc(OC(C)C)cc3)cc21. The number of carbonyl (C=O) groups excluding carboxylic acids is 2. The van der Waals surface area contributed by atoms with Crippen molar-refractivity contribution in [3.63, 3.8) is 0 Å². The molecule has 3 rings (SSSR count). The van der Waals surface area contributed by atoms with Crippen molar-refractivity contribution >= 4 is 23.2 Å². The summed E-state index contributed by atoms with van der Waals surface area (Å²) in [6.07, 6.45) is 1.91. The lowest BCUT2D eigenvalue weighted by Crippen LogP contribution is -2.37. The van der Waals surface area contributed by atoms with Crippen molar-refractivity contribution in [2.45, 2.75) is 32.8 Å². The van der Waals surface area contributed by atoms with Crippen molar-refractivity contribution in [3.8, 4) is 5.75 Å². The molecule has 1 aliphatic heterocycles. The zero-order chi connectivity index (χ0) is 20.1. The second-order valence-electron chi connectivity index (χ2n) is 7.07. The topological polar surface area (TPSA) is 67.9 Å². The van der Waals surface area contributed by atoms with Crippen LogP contribution in [0.5, 0.6) is 5.75 Å². The fourth-order valence-electron chi connectivity index (χ4n) is 3.27. The Morgan fingerprint density at radius 3 is 2.57 bits per heavy atom. The van der Waals surface area contributed by atoms with E-state index in [0.717, 1.165) is 29.8 Å². The van der Waals surface area contributed by atoms with Crippen molar-refractivity contribution in [3.05, 3.63) is 53.6 Å². The van der Waals surface area contributed by atoms with Gasteiger partial charge in [-0.3, -0.25) is 9.59 Å². The number of nitrogens with zero attached hydrogens (tertiary/aromatic N) is 1. The van der Waals surface area contributed by atoms with Gasteiger partial charge in [0, 0.05) is 30.6 Å². The molecule has 0 aromatic heterocycles. The minimum atomic E-state index is -0.207. The Morgan fingerprint density at radius 1 is 1.14 bits per heavy atom. The Kier molecular flexibility index (Phi) is 6.31. The molecule has 0 radical (unpaired) electrons. The highest BCUT2D eigenvalue weighted by molar-refractivity contribution is 6.05. The van der Waals surface area contributed by atoms with Crippen molar-refractivity contribution < 1.29 is 19.1 Å². The zero-order valence-corrected chi connectivity index (χ0v) is 16.5. The molecule has 6 heteroatoms. The summed E-state index contributed by atoms with van der Waals surface area (Å²) in [5, 5.41) is 2.91. The monoisotopic (exact) mass is 382 g/mol. The smallest absolute Gasteiger partial charge is 0.255 e. The van der Waals surface area contributed by atoms with E-state index in [0.29, 0.717) is 17.8 Å². The van der Waals surface area contributed by atoms with E-state index in [4.69, 9.17) is 9.47 Å². The first-order valence-corrected chi connectivity index (χ1v) is 9.48. The van der Waals surface area contributed by atoms with Gasteiger partial charge in [0.05, 0.1) is 6.10 Å². The van der Waals surface area contributed by atoms with Gasteiger partial charge in [0.25, 0.3) is 11.8 Å². The number of benzene rings is 2. The number of carbonyl (C=O) groups is 2. The molecular weight excluding hydrogens is 356 g/mol. The fraction of sp³-hybridized carbons (Fsp3) is 0.364. The first kappa shape index (κ1) is 19.9. The molecule has 28 heavy (non-hydrogen) atoms. The number of fused-ring (bicyclic) bond motifs is 1. The highest BCUT2D eigenvalue weighted by atomic mass is 16.5. The van der Waals surface area contributed by atoms with Crippen LogP contribution >= 0.6 is 0 Å². The molecule has 2 amide bonds. The van der Waals surface area contributed by atoms with Gasteiger partial charge < -0.3 is 19.7 Å². The average molecular weight is 382 g/mol. The number of aryl methyl sites for hydroxylation is 1. The second-order valence-corrected chi connectivity index (χ2v) is 7.07. The third-order valence-corrected chi connectivity index (χ3v) is 4.52. The van der Waals surface area contributed by atoms with Gasteiger partial charge in [-0.25, -0.2) is 0 Å². The summed E-state index contributed by atoms with van der Waals surface area (Å²) in [6.45, 7) is 4.61. The Hall–Kier alpha value is -2.86. The van der Waals surface area contributed by atoms with Gasteiger partial charge in [0.15, 0.2) is 0 Å². The average Bonchev–Trinajstić information content (AvgIpc) is 2.67. The predicted molar refractivity (Wildman–Crippen MR) is 109 cm³/mol. The molecule has 0 bridgehead atoms. The maximum absolute atomic E-state index is 12.6. The lowest BCUT2D eigenvalue weighted by atomic mass is 10.0. The minimum absolute atomic E-state index is 0.0425. The van der Waals surface area contributed by atoms with E-state index >= 15 is 0 Å². The molecule has 0 atom stereocenters. The highest BCUT2D eigenvalue weighted by Crippen LogP contribution is 2.30. The van der Waals surface area contributed by atoms with E-state index in [2.05, 4.69) is 5.32 Å². The highest BCUT2D eigenvalue weighted by Gasteiger charge is 2.23. The molecular formula is C22H26N2O4. The van der Waals surface area contributed by atoms with E-state index in [-0.39, 0.29) is 24.5 Å². The number of ether oxygens (including phenoxy) is 2. The molecule has 0 saturated carbocycles. The van der Waals surface area contributed by atoms with E-state index < -0.39 is 0 Å². The molecule has 0 saturated heterocycles. The number of hydrogen-bond donors (Lipinski definition) is 1. The number of anilines is 2. The van der Waals surface area contributed by atoms with Gasteiger partial charge in [0.1, 0.15) is 12.4 Å². The second kappa shape index (κ2) is 8.89. The van der Waals surface area contributed by atoms with Crippen LogP contribution in [0.25, 0.3) is 0 Å². The largest absolute Gasteiger partial charge is 0.491 e. The summed E-state index contributed by atoms with van der Waals surface area (Å²) >= 11 is 0. The Bertz CT molecular complexity index is 846. The van der Waals surface area contributed by atoms with Gasteiger partial charge >= 0.3 is 0 Å². The lowest BCUT2D eigenvalue weighted by molar-refractivity contribution is -0.122. The molecule has 1 N–H and O–H groups in total. The summed E-state index contributed by atoms with van der Waals surface area (Å²) in [7, 11) is 1.51. The third kappa shape index (κ3) is 4.70. The molecule has 6 nitrogen and oxygen atoms in total. The van der Waals surface area contributed by atoms with Gasteiger partial charge in [-0.15, -0.1) is 0 Å². The molecule has 0 fully saturated rings. The lowest BCUT2D eigenvalue weighted by Gasteiger charge is -2.29. The third-order valence-electron chi connectivity index (χ3n) is 4.52. The van der Waals surface area contributed by atoms with Crippen LogP contribution in [0.15, 0.2) is 42.5 Å². The fourth-order valence-corrected chi connectivity index (χ4v) is 3.27. The summed E-state index contributed by atoms with van der Waals surface area (Å²) < 4.78 is 10.6. The summed E-state index contributed by atoms with van der Waals surface area (Å²) in [6, 6.07) is 12.7. The molecule has 0 unspecified atom stereocenters. The summed E-state index contributed by atoms with van der Waals surface area (Å²) in [5.74, 6) is 0.446. The molecule has 1 heterocycles. The van der Waals surface area contributed by atoms with Gasteiger partial charge in [0.2, 0.25) is 0 Å². The molecule has 1 aliphatic rings. The first-order valence-electron chi connectivity index (χ1n) is 9.48. The molecule has 2 aromatic rings. The number of amides is 2. The van der Waals surface area contributed by atoms with Crippen molar-refractivity contribution in [1.82, 2.24) is 0 Å². The number of hydrogen-bond acceptors (Lipinski definition) is 4. The first-order chi connectivity index (χ1) is 13.5. The van der Waals surface area contributed by atoms with Crippen molar-refractivity contribution in [2.75, 3.05) is 30.5 Å². The van der Waals surface area contributed by atoms with E-state index in [9.17, 15) is 9.59 Å². The minimum Gasteiger partial charge on any atom is -0.491 e. The van der Waals surface area contributed by atoms with E-state index in [1.165, 1.54) is 7.11 Å². The molecule has 0 spiro atoms. The van der Waals surface area contributed by atoms with Crippen LogP contribution in [0.2, 0.25) is 0 Å². The van der Waals surface area contributed by atoms with E-state index in [1.807, 2.05) is 32.0 Å². The number of methoxy groups -OCH3 is 1. The van der Waals surface area contributed by atoms with Crippen LogP contribution in [0.1, 0.15) is 36.2 Å².